The van der Waals surface area contributed by atoms with Gasteiger partial charge in [-0.15, -0.1) is 0 Å². The number of anilines is 1. The zero-order valence-electron chi connectivity index (χ0n) is 9.19. The van der Waals surface area contributed by atoms with Crippen LogP contribution in [-0.4, -0.2) is 29.3 Å². The zero-order valence-corrected chi connectivity index (χ0v) is 9.19. The van der Waals surface area contributed by atoms with Crippen LogP contribution in [0.4, 0.5) is 5.82 Å². The van der Waals surface area contributed by atoms with Gasteiger partial charge in [-0.3, -0.25) is 0 Å². The van der Waals surface area contributed by atoms with Gasteiger partial charge in [0.15, 0.2) is 0 Å². The van der Waals surface area contributed by atoms with Gasteiger partial charge in [-0.25, -0.2) is 4.98 Å². The van der Waals surface area contributed by atoms with Gasteiger partial charge in [-0.05, 0) is 25.0 Å². The molecule has 1 N–H and O–H groups in total. The molecule has 0 saturated heterocycles. The molecule has 0 aliphatic heterocycles. The van der Waals surface area contributed by atoms with Gasteiger partial charge in [-0.1, -0.05) is 18.9 Å². The topological polar surface area (TPSA) is 36.4 Å². The molecule has 0 unspecified atom stereocenters. The normalized spacial score (nSPS) is 19.1. The van der Waals surface area contributed by atoms with E-state index in [9.17, 15) is 5.11 Å². The predicted octanol–water partition coefficient (Wildman–Crippen LogP) is 1.82. The van der Waals surface area contributed by atoms with E-state index in [-0.39, 0.29) is 0 Å². The summed E-state index contributed by atoms with van der Waals surface area (Å²) in [7, 11) is 1.98. The Hall–Kier alpha value is -1.09. The first-order chi connectivity index (χ1) is 7.20. The van der Waals surface area contributed by atoms with E-state index in [0.717, 1.165) is 31.5 Å². The SMILES string of the molecule is CN(CC1(O)CCCC1)c1ccccn1. The Bertz CT molecular complexity index is 307. The molecule has 3 nitrogen and oxygen atoms in total. The van der Waals surface area contributed by atoms with Gasteiger partial charge in [0.05, 0.1) is 5.60 Å². The molecule has 1 heterocycles. The Balaban J connectivity index is 2.00. The minimum absolute atomic E-state index is 0.494. The Labute approximate surface area is 90.8 Å². The molecule has 0 spiro atoms. The molecular formula is C12H18N2O. The number of rotatable bonds is 3. The second-order valence-corrected chi connectivity index (χ2v) is 4.48. The van der Waals surface area contributed by atoms with E-state index in [1.807, 2.05) is 30.1 Å². The molecule has 1 aliphatic carbocycles. The highest BCUT2D eigenvalue weighted by Gasteiger charge is 2.32. The monoisotopic (exact) mass is 206 g/mol. The average Bonchev–Trinajstić information content (AvgIpc) is 2.66. The van der Waals surface area contributed by atoms with Crippen molar-refractivity contribution in [2.45, 2.75) is 31.3 Å². The van der Waals surface area contributed by atoms with E-state index in [2.05, 4.69) is 4.98 Å². The highest BCUT2D eigenvalue weighted by Crippen LogP contribution is 2.30. The third kappa shape index (κ3) is 2.48. The molecule has 1 aliphatic rings. The molecule has 1 saturated carbocycles. The lowest BCUT2D eigenvalue weighted by atomic mass is 10.0. The van der Waals surface area contributed by atoms with Crippen LogP contribution >= 0.6 is 0 Å². The smallest absolute Gasteiger partial charge is 0.128 e. The second-order valence-electron chi connectivity index (χ2n) is 4.48. The molecule has 1 aromatic rings. The Morgan fingerprint density at radius 3 is 2.73 bits per heavy atom. The third-order valence-corrected chi connectivity index (χ3v) is 3.11. The number of aliphatic hydroxyl groups is 1. The van der Waals surface area contributed by atoms with E-state index in [1.54, 1.807) is 6.20 Å². The van der Waals surface area contributed by atoms with E-state index in [1.165, 1.54) is 0 Å². The molecule has 2 rings (SSSR count). The number of nitrogens with zero attached hydrogens (tertiary/aromatic N) is 2. The van der Waals surface area contributed by atoms with Crippen LogP contribution in [0.25, 0.3) is 0 Å². The fourth-order valence-corrected chi connectivity index (χ4v) is 2.29. The van der Waals surface area contributed by atoms with Gasteiger partial charge in [-0.2, -0.15) is 0 Å². The van der Waals surface area contributed by atoms with Crippen molar-refractivity contribution < 1.29 is 5.11 Å². The number of hydrogen-bond donors (Lipinski definition) is 1. The third-order valence-electron chi connectivity index (χ3n) is 3.11. The average molecular weight is 206 g/mol. The van der Waals surface area contributed by atoms with Crippen LogP contribution in [0.5, 0.6) is 0 Å². The van der Waals surface area contributed by atoms with E-state index >= 15 is 0 Å². The molecule has 0 radical (unpaired) electrons. The Kier molecular flexibility index (Phi) is 2.91. The highest BCUT2D eigenvalue weighted by molar-refractivity contribution is 5.37. The van der Waals surface area contributed by atoms with Crippen molar-refractivity contribution in [3.05, 3.63) is 24.4 Å². The molecule has 1 aromatic heterocycles. The molecule has 0 bridgehead atoms. The Morgan fingerprint density at radius 1 is 1.40 bits per heavy atom. The first-order valence-corrected chi connectivity index (χ1v) is 5.54. The van der Waals surface area contributed by atoms with Crippen molar-refractivity contribution in [3.63, 3.8) is 0 Å². The molecule has 15 heavy (non-hydrogen) atoms. The van der Waals surface area contributed by atoms with Gasteiger partial charge < -0.3 is 10.0 Å². The summed E-state index contributed by atoms with van der Waals surface area (Å²) in [5.74, 6) is 0.929. The van der Waals surface area contributed by atoms with Crippen molar-refractivity contribution in [2.75, 3.05) is 18.5 Å². The summed E-state index contributed by atoms with van der Waals surface area (Å²) >= 11 is 0. The zero-order chi connectivity index (χ0) is 10.7. The lowest BCUT2D eigenvalue weighted by Gasteiger charge is -2.29. The molecule has 0 amide bonds. The molecule has 82 valence electrons. The largest absolute Gasteiger partial charge is 0.388 e. The number of pyridine rings is 1. The molecule has 3 heteroatoms. The summed E-state index contributed by atoms with van der Waals surface area (Å²) in [6, 6.07) is 5.84. The van der Waals surface area contributed by atoms with Gasteiger partial charge in [0.1, 0.15) is 5.82 Å². The van der Waals surface area contributed by atoms with Crippen molar-refractivity contribution in [3.8, 4) is 0 Å². The summed E-state index contributed by atoms with van der Waals surface area (Å²) in [6.45, 7) is 0.685. The highest BCUT2D eigenvalue weighted by atomic mass is 16.3. The van der Waals surface area contributed by atoms with Crippen LogP contribution in [0.15, 0.2) is 24.4 Å². The quantitative estimate of drug-likeness (QED) is 0.819. The molecule has 0 aromatic carbocycles. The van der Waals surface area contributed by atoms with Crippen molar-refractivity contribution in [1.82, 2.24) is 4.98 Å². The van der Waals surface area contributed by atoms with Gasteiger partial charge in [0.2, 0.25) is 0 Å². The minimum atomic E-state index is -0.494. The van der Waals surface area contributed by atoms with Crippen LogP contribution in [-0.2, 0) is 0 Å². The van der Waals surface area contributed by atoms with E-state index < -0.39 is 5.60 Å². The summed E-state index contributed by atoms with van der Waals surface area (Å²) in [4.78, 5) is 6.30. The van der Waals surface area contributed by atoms with Crippen LogP contribution in [0.2, 0.25) is 0 Å². The fourth-order valence-electron chi connectivity index (χ4n) is 2.29. The van der Waals surface area contributed by atoms with Crippen LogP contribution in [0.1, 0.15) is 25.7 Å². The first kappa shape index (κ1) is 10.4. The molecule has 0 atom stereocenters. The lowest BCUT2D eigenvalue weighted by molar-refractivity contribution is 0.0558. The summed E-state index contributed by atoms with van der Waals surface area (Å²) in [5.41, 5.74) is -0.494. The number of likely N-dealkylation sites (N-methyl/N-ethyl adjacent to an activating group) is 1. The van der Waals surface area contributed by atoms with Gasteiger partial charge in [0, 0.05) is 19.8 Å². The lowest BCUT2D eigenvalue weighted by Crippen LogP contribution is -2.39. The van der Waals surface area contributed by atoms with Crippen molar-refractivity contribution >= 4 is 5.82 Å². The van der Waals surface area contributed by atoms with E-state index in [0.29, 0.717) is 6.54 Å². The fraction of sp³-hybridized carbons (Fsp3) is 0.583. The van der Waals surface area contributed by atoms with Crippen molar-refractivity contribution in [2.24, 2.45) is 0 Å². The standard InChI is InChI=1S/C12H18N2O/c1-14(11-6-2-5-9-13-11)10-12(15)7-3-4-8-12/h2,5-6,9,15H,3-4,7-8,10H2,1H3. The summed E-state index contributed by atoms with van der Waals surface area (Å²) in [6.07, 6.45) is 5.91. The first-order valence-electron chi connectivity index (χ1n) is 5.54. The Morgan fingerprint density at radius 2 is 2.13 bits per heavy atom. The van der Waals surface area contributed by atoms with Gasteiger partial charge in [0.25, 0.3) is 0 Å². The maximum absolute atomic E-state index is 10.3. The van der Waals surface area contributed by atoms with Crippen LogP contribution < -0.4 is 4.90 Å². The van der Waals surface area contributed by atoms with E-state index in [4.69, 9.17) is 0 Å². The number of hydrogen-bond acceptors (Lipinski definition) is 3. The number of aromatic nitrogens is 1. The maximum Gasteiger partial charge on any atom is 0.128 e. The molecule has 1 fully saturated rings. The second kappa shape index (κ2) is 4.19. The van der Waals surface area contributed by atoms with Gasteiger partial charge >= 0.3 is 0 Å². The predicted molar refractivity (Wildman–Crippen MR) is 60.9 cm³/mol. The van der Waals surface area contributed by atoms with Crippen molar-refractivity contribution in [1.29, 1.82) is 0 Å². The molecular weight excluding hydrogens is 188 g/mol. The van der Waals surface area contributed by atoms with Crippen LogP contribution in [0, 0.1) is 0 Å². The van der Waals surface area contributed by atoms with Crippen LogP contribution in [0.3, 0.4) is 0 Å². The summed E-state index contributed by atoms with van der Waals surface area (Å²) in [5, 5.41) is 10.3. The minimum Gasteiger partial charge on any atom is -0.388 e. The summed E-state index contributed by atoms with van der Waals surface area (Å²) < 4.78 is 0. The maximum atomic E-state index is 10.3.